The molecule has 0 saturated heterocycles. The molecule has 1 saturated carbocycles. The highest BCUT2D eigenvalue weighted by molar-refractivity contribution is 6.06. The molecule has 1 aliphatic rings. The van der Waals surface area contributed by atoms with Crippen LogP contribution in [0.5, 0.6) is 0 Å². The number of fused-ring (bicyclic) bond motifs is 1. The maximum Gasteiger partial charge on any atom is 0.336 e. The molecular formula is C28H31NO2. The molecule has 0 atom stereocenters. The first-order chi connectivity index (χ1) is 15.1. The Morgan fingerprint density at radius 3 is 2.48 bits per heavy atom. The van der Waals surface area contributed by atoms with Gasteiger partial charge in [0.2, 0.25) is 0 Å². The van der Waals surface area contributed by atoms with Gasteiger partial charge in [0.15, 0.2) is 0 Å². The predicted octanol–water partition coefficient (Wildman–Crippen LogP) is 7.58. The van der Waals surface area contributed by atoms with Crippen LogP contribution >= 0.6 is 0 Å². The second-order valence-corrected chi connectivity index (χ2v) is 8.58. The van der Waals surface area contributed by atoms with Gasteiger partial charge in [-0.3, -0.25) is 0 Å². The van der Waals surface area contributed by atoms with Crippen molar-refractivity contribution in [2.45, 2.75) is 57.9 Å². The lowest BCUT2D eigenvalue weighted by molar-refractivity contribution is 0.0696. The van der Waals surface area contributed by atoms with Gasteiger partial charge in [0.1, 0.15) is 0 Å². The van der Waals surface area contributed by atoms with Crippen LogP contribution in [-0.4, -0.2) is 15.6 Å². The molecule has 31 heavy (non-hydrogen) atoms. The SMILES string of the molecule is C=CCCn1c(-c2ccccc2)c(C2CCCCC2)c2c(C)cc(C(=O)O)c(C=C)c21. The Morgan fingerprint density at radius 2 is 1.87 bits per heavy atom. The second kappa shape index (κ2) is 8.97. The number of aryl methyl sites for hydroxylation is 2. The largest absolute Gasteiger partial charge is 0.478 e. The molecule has 3 nitrogen and oxygen atoms in total. The lowest BCUT2D eigenvalue weighted by atomic mass is 9.81. The summed E-state index contributed by atoms with van der Waals surface area (Å²) >= 11 is 0. The summed E-state index contributed by atoms with van der Waals surface area (Å²) < 4.78 is 2.34. The van der Waals surface area contributed by atoms with Crippen LogP contribution < -0.4 is 0 Å². The smallest absolute Gasteiger partial charge is 0.336 e. The fourth-order valence-corrected chi connectivity index (χ4v) is 5.34. The molecule has 0 radical (unpaired) electrons. The zero-order valence-corrected chi connectivity index (χ0v) is 18.4. The fourth-order valence-electron chi connectivity index (χ4n) is 5.34. The maximum atomic E-state index is 12.1. The highest BCUT2D eigenvalue weighted by Gasteiger charge is 2.29. The molecular weight excluding hydrogens is 382 g/mol. The Balaban J connectivity index is 2.17. The molecule has 0 aliphatic heterocycles. The minimum Gasteiger partial charge on any atom is -0.478 e. The van der Waals surface area contributed by atoms with Crippen LogP contribution in [0.3, 0.4) is 0 Å². The van der Waals surface area contributed by atoms with Gasteiger partial charge >= 0.3 is 5.97 Å². The number of allylic oxidation sites excluding steroid dienone is 1. The Morgan fingerprint density at radius 1 is 1.16 bits per heavy atom. The summed E-state index contributed by atoms with van der Waals surface area (Å²) in [5.41, 5.74) is 6.90. The lowest BCUT2D eigenvalue weighted by Crippen LogP contribution is -2.07. The third-order valence-corrected chi connectivity index (χ3v) is 6.65. The van der Waals surface area contributed by atoms with Crippen molar-refractivity contribution in [2.75, 3.05) is 0 Å². The van der Waals surface area contributed by atoms with Gasteiger partial charge in [-0.05, 0) is 54.9 Å². The van der Waals surface area contributed by atoms with Gasteiger partial charge in [-0.15, -0.1) is 6.58 Å². The number of carboxylic acids is 1. The molecule has 1 aromatic heterocycles. The molecule has 2 aromatic carbocycles. The van der Waals surface area contributed by atoms with Crippen molar-refractivity contribution in [1.29, 1.82) is 0 Å². The number of hydrogen-bond acceptors (Lipinski definition) is 1. The molecule has 160 valence electrons. The highest BCUT2D eigenvalue weighted by Crippen LogP contribution is 2.46. The van der Waals surface area contributed by atoms with Crippen LogP contribution in [0.15, 0.2) is 55.6 Å². The van der Waals surface area contributed by atoms with Crippen LogP contribution in [0, 0.1) is 6.92 Å². The van der Waals surface area contributed by atoms with E-state index in [2.05, 4.69) is 48.9 Å². The standard InChI is InChI=1S/C28H31NO2/c1-4-6-17-29-26(21-15-11-8-12-16-21)25(20-13-9-7-10-14-20)24-19(3)18-23(28(30)31)22(5-2)27(24)29/h4-5,8,11-12,15-16,18,20H,1-2,6-7,9-10,13-14,17H2,3H3,(H,30,31). The van der Waals surface area contributed by atoms with Gasteiger partial charge in [-0.25, -0.2) is 4.79 Å². The van der Waals surface area contributed by atoms with Gasteiger partial charge < -0.3 is 9.67 Å². The first-order valence-electron chi connectivity index (χ1n) is 11.3. The zero-order valence-electron chi connectivity index (χ0n) is 18.4. The molecule has 1 N–H and O–H groups in total. The Hall–Kier alpha value is -3.07. The predicted molar refractivity (Wildman–Crippen MR) is 130 cm³/mol. The van der Waals surface area contributed by atoms with E-state index >= 15 is 0 Å². The topological polar surface area (TPSA) is 42.2 Å². The number of rotatable bonds is 7. The third kappa shape index (κ3) is 3.74. The van der Waals surface area contributed by atoms with Crippen molar-refractivity contribution in [3.8, 4) is 11.3 Å². The summed E-state index contributed by atoms with van der Waals surface area (Å²) in [6.07, 6.45) is 10.6. The van der Waals surface area contributed by atoms with E-state index < -0.39 is 5.97 Å². The van der Waals surface area contributed by atoms with E-state index in [1.54, 1.807) is 6.08 Å². The molecule has 0 amide bonds. The monoisotopic (exact) mass is 413 g/mol. The second-order valence-electron chi connectivity index (χ2n) is 8.58. The van der Waals surface area contributed by atoms with Crippen molar-refractivity contribution in [3.05, 3.63) is 77.9 Å². The quantitative estimate of drug-likeness (QED) is 0.406. The van der Waals surface area contributed by atoms with Crippen LogP contribution in [0.25, 0.3) is 28.2 Å². The van der Waals surface area contributed by atoms with E-state index in [1.807, 2.05) is 18.2 Å². The summed E-state index contributed by atoms with van der Waals surface area (Å²) in [4.78, 5) is 12.1. The van der Waals surface area contributed by atoms with Gasteiger partial charge in [0, 0.05) is 17.5 Å². The molecule has 1 fully saturated rings. The Labute approximate surface area is 184 Å². The third-order valence-electron chi connectivity index (χ3n) is 6.65. The average molecular weight is 414 g/mol. The summed E-state index contributed by atoms with van der Waals surface area (Å²) in [5.74, 6) is -0.416. The number of carboxylic acid groups (broad SMARTS) is 1. The van der Waals surface area contributed by atoms with E-state index in [0.717, 1.165) is 29.6 Å². The molecule has 1 heterocycles. The molecule has 3 heteroatoms. The van der Waals surface area contributed by atoms with Gasteiger partial charge in [0.05, 0.1) is 16.8 Å². The normalized spacial score (nSPS) is 14.6. The van der Waals surface area contributed by atoms with Crippen molar-refractivity contribution < 1.29 is 9.90 Å². The van der Waals surface area contributed by atoms with Gasteiger partial charge in [-0.1, -0.05) is 68.3 Å². The van der Waals surface area contributed by atoms with E-state index in [9.17, 15) is 9.90 Å². The number of aromatic carboxylic acids is 1. The number of hydrogen-bond donors (Lipinski definition) is 1. The average Bonchev–Trinajstić information content (AvgIpc) is 3.14. The number of carbonyl (C=O) groups is 1. The summed E-state index contributed by atoms with van der Waals surface area (Å²) in [6, 6.07) is 12.4. The van der Waals surface area contributed by atoms with Crippen LogP contribution in [0.1, 0.15) is 71.5 Å². The lowest BCUT2D eigenvalue weighted by Gasteiger charge is -2.24. The number of benzene rings is 2. The molecule has 1 aliphatic carbocycles. The summed E-state index contributed by atoms with van der Waals surface area (Å²) in [5, 5.41) is 11.1. The zero-order chi connectivity index (χ0) is 22.0. The summed E-state index contributed by atoms with van der Waals surface area (Å²) in [6.45, 7) is 10.8. The van der Waals surface area contributed by atoms with Crippen LogP contribution in [0.4, 0.5) is 0 Å². The maximum absolute atomic E-state index is 12.1. The van der Waals surface area contributed by atoms with Crippen molar-refractivity contribution in [3.63, 3.8) is 0 Å². The summed E-state index contributed by atoms with van der Waals surface area (Å²) in [7, 11) is 0. The van der Waals surface area contributed by atoms with Crippen molar-refractivity contribution in [2.24, 2.45) is 0 Å². The molecule has 0 spiro atoms. The van der Waals surface area contributed by atoms with Crippen molar-refractivity contribution in [1.82, 2.24) is 4.57 Å². The van der Waals surface area contributed by atoms with Gasteiger partial charge in [0.25, 0.3) is 0 Å². The minimum absolute atomic E-state index is 0.326. The fraction of sp³-hybridized carbons (Fsp3) is 0.321. The first-order valence-corrected chi connectivity index (χ1v) is 11.3. The van der Waals surface area contributed by atoms with Crippen LogP contribution in [0.2, 0.25) is 0 Å². The first kappa shape index (κ1) is 21.2. The molecule has 4 rings (SSSR count). The molecule has 0 unspecified atom stereocenters. The van der Waals surface area contributed by atoms with Crippen LogP contribution in [-0.2, 0) is 6.54 Å². The highest BCUT2D eigenvalue weighted by atomic mass is 16.4. The van der Waals surface area contributed by atoms with Gasteiger partial charge in [-0.2, -0.15) is 0 Å². The van der Waals surface area contributed by atoms with Crippen molar-refractivity contribution >= 4 is 22.9 Å². The minimum atomic E-state index is -0.906. The molecule has 0 bridgehead atoms. The van der Waals surface area contributed by atoms with E-state index in [-0.39, 0.29) is 0 Å². The Bertz CT molecular complexity index is 1130. The van der Waals surface area contributed by atoms with E-state index in [1.165, 1.54) is 54.3 Å². The van der Waals surface area contributed by atoms with E-state index in [0.29, 0.717) is 11.5 Å². The molecule has 3 aromatic rings. The van der Waals surface area contributed by atoms with E-state index in [4.69, 9.17) is 0 Å². The number of aromatic nitrogens is 1. The Kier molecular flexibility index (Phi) is 6.13. The number of nitrogens with zero attached hydrogens (tertiary/aromatic N) is 1.